The molecule has 0 saturated heterocycles. The number of hydrogen-bond acceptors (Lipinski definition) is 4. The molecular formula is C24H22Cl3NO4. The van der Waals surface area contributed by atoms with Crippen LogP contribution in [0.2, 0.25) is 15.1 Å². The Morgan fingerprint density at radius 3 is 2.38 bits per heavy atom. The van der Waals surface area contributed by atoms with Gasteiger partial charge in [0.05, 0.1) is 42.1 Å². The summed E-state index contributed by atoms with van der Waals surface area (Å²) in [4.78, 5) is 13.3. The van der Waals surface area contributed by atoms with Gasteiger partial charge in [-0.1, -0.05) is 34.8 Å². The van der Waals surface area contributed by atoms with E-state index in [0.29, 0.717) is 49.8 Å². The van der Waals surface area contributed by atoms with Crippen molar-refractivity contribution in [1.29, 1.82) is 0 Å². The van der Waals surface area contributed by atoms with E-state index in [0.717, 1.165) is 28.9 Å². The lowest BCUT2D eigenvalue weighted by Crippen LogP contribution is -2.15. The van der Waals surface area contributed by atoms with Crippen LogP contribution in [0.5, 0.6) is 11.5 Å². The Morgan fingerprint density at radius 2 is 1.72 bits per heavy atom. The number of halogens is 3. The minimum absolute atomic E-state index is 0.241. The number of carbonyl (C=O) groups excluding carboxylic acids is 1. The van der Waals surface area contributed by atoms with Gasteiger partial charge in [-0.25, -0.2) is 4.79 Å². The first kappa shape index (κ1) is 22.8. The molecule has 3 aromatic rings. The van der Waals surface area contributed by atoms with Crippen molar-refractivity contribution in [3.8, 4) is 33.9 Å². The molecule has 0 spiro atoms. The third-order valence-corrected chi connectivity index (χ3v) is 6.75. The zero-order valence-electron chi connectivity index (χ0n) is 18.1. The van der Waals surface area contributed by atoms with Crippen molar-refractivity contribution in [2.75, 3.05) is 20.8 Å². The zero-order valence-corrected chi connectivity index (χ0v) is 20.4. The molecule has 1 aliphatic rings. The molecule has 5 nitrogen and oxygen atoms in total. The predicted molar refractivity (Wildman–Crippen MR) is 128 cm³/mol. The van der Waals surface area contributed by atoms with Gasteiger partial charge < -0.3 is 18.8 Å². The van der Waals surface area contributed by atoms with Crippen LogP contribution in [0.15, 0.2) is 24.3 Å². The Morgan fingerprint density at radius 1 is 1.03 bits per heavy atom. The monoisotopic (exact) mass is 493 g/mol. The molecule has 32 heavy (non-hydrogen) atoms. The molecule has 0 unspecified atom stereocenters. The fraction of sp³-hybridized carbons (Fsp3) is 0.292. The molecule has 8 heteroatoms. The van der Waals surface area contributed by atoms with Crippen LogP contribution in [0.1, 0.15) is 28.5 Å². The molecule has 0 fully saturated rings. The normalized spacial score (nSPS) is 12.2. The van der Waals surface area contributed by atoms with Crippen molar-refractivity contribution >= 4 is 40.8 Å². The summed E-state index contributed by atoms with van der Waals surface area (Å²) in [5.41, 5.74) is 5.26. The molecular weight excluding hydrogens is 473 g/mol. The topological polar surface area (TPSA) is 49.7 Å². The minimum Gasteiger partial charge on any atom is -0.493 e. The smallest absolute Gasteiger partial charge is 0.340 e. The van der Waals surface area contributed by atoms with Gasteiger partial charge in [-0.3, -0.25) is 0 Å². The second-order valence-electron chi connectivity index (χ2n) is 7.42. The number of carbonyl (C=O) groups is 1. The van der Waals surface area contributed by atoms with Crippen LogP contribution < -0.4 is 9.47 Å². The number of nitrogens with zero attached hydrogens (tertiary/aromatic N) is 1. The van der Waals surface area contributed by atoms with Crippen LogP contribution in [0.25, 0.3) is 22.4 Å². The van der Waals surface area contributed by atoms with Crippen molar-refractivity contribution in [1.82, 2.24) is 4.57 Å². The van der Waals surface area contributed by atoms with E-state index < -0.39 is 5.97 Å². The number of ether oxygens (including phenoxy) is 3. The average molecular weight is 495 g/mol. The summed E-state index contributed by atoms with van der Waals surface area (Å²) in [5.74, 6) is 0.790. The maximum absolute atomic E-state index is 13.3. The first-order valence-corrected chi connectivity index (χ1v) is 11.3. The van der Waals surface area contributed by atoms with Crippen LogP contribution in [-0.2, 0) is 17.7 Å². The van der Waals surface area contributed by atoms with Crippen LogP contribution in [0, 0.1) is 6.92 Å². The maximum Gasteiger partial charge on any atom is 0.340 e. The lowest BCUT2D eigenvalue weighted by atomic mass is 9.93. The molecule has 0 radical (unpaired) electrons. The van der Waals surface area contributed by atoms with Gasteiger partial charge in [-0.15, -0.1) is 0 Å². The third-order valence-electron chi connectivity index (χ3n) is 5.73. The molecule has 2 aromatic carbocycles. The highest BCUT2D eigenvalue weighted by molar-refractivity contribution is 6.45. The molecule has 0 N–H and O–H groups in total. The summed E-state index contributed by atoms with van der Waals surface area (Å²) in [7, 11) is 3.19. The van der Waals surface area contributed by atoms with Gasteiger partial charge in [0, 0.05) is 34.0 Å². The van der Waals surface area contributed by atoms with Gasteiger partial charge in [0.2, 0.25) is 0 Å². The fourth-order valence-electron chi connectivity index (χ4n) is 4.35. The lowest BCUT2D eigenvalue weighted by molar-refractivity contribution is 0.0528. The summed E-state index contributed by atoms with van der Waals surface area (Å²) in [6.45, 7) is 4.66. The molecule has 4 rings (SSSR count). The summed E-state index contributed by atoms with van der Waals surface area (Å²) < 4.78 is 18.6. The highest BCUT2D eigenvalue weighted by atomic mass is 35.5. The van der Waals surface area contributed by atoms with Gasteiger partial charge in [0.15, 0.2) is 11.5 Å². The van der Waals surface area contributed by atoms with Crippen LogP contribution in [0.4, 0.5) is 0 Å². The number of esters is 1. The highest BCUT2D eigenvalue weighted by Gasteiger charge is 2.33. The van der Waals surface area contributed by atoms with Crippen molar-refractivity contribution < 1.29 is 19.0 Å². The third kappa shape index (κ3) is 3.62. The Bertz CT molecular complexity index is 1230. The van der Waals surface area contributed by atoms with E-state index in [1.54, 1.807) is 33.3 Å². The minimum atomic E-state index is -0.436. The Hall–Kier alpha value is -2.34. The number of benzene rings is 2. The standard InChI is InChI=1S/C24H22Cl3NO4/c1-5-32-24(29)21-20(16-9-14(25)10-17(26)22(16)27)12(2)28-7-6-13-8-18(30-3)19(31-4)11-15(13)23(21)28/h8-11H,5-7H2,1-4H3. The van der Waals surface area contributed by atoms with Crippen LogP contribution in [-0.4, -0.2) is 31.4 Å². The van der Waals surface area contributed by atoms with Crippen LogP contribution >= 0.6 is 34.8 Å². The number of fused-ring (bicyclic) bond motifs is 3. The van der Waals surface area contributed by atoms with Crippen LogP contribution in [0.3, 0.4) is 0 Å². The molecule has 0 saturated carbocycles. The highest BCUT2D eigenvalue weighted by Crippen LogP contribution is 2.47. The second-order valence-corrected chi connectivity index (χ2v) is 8.64. The van der Waals surface area contributed by atoms with Crippen molar-refractivity contribution in [3.05, 3.63) is 56.2 Å². The van der Waals surface area contributed by atoms with E-state index >= 15 is 0 Å². The number of rotatable bonds is 5. The molecule has 1 aromatic heterocycles. The molecule has 1 aliphatic heterocycles. The SMILES string of the molecule is CCOC(=O)c1c(-c2cc(Cl)cc(Cl)c2Cl)c(C)n2c1-c1cc(OC)c(OC)cc1CC2. The Kier molecular flexibility index (Phi) is 6.35. The summed E-state index contributed by atoms with van der Waals surface area (Å²) in [6.07, 6.45) is 0.768. The van der Waals surface area contributed by atoms with E-state index in [9.17, 15) is 4.79 Å². The molecule has 0 amide bonds. The van der Waals surface area contributed by atoms with Crippen molar-refractivity contribution in [2.45, 2.75) is 26.8 Å². The van der Waals surface area contributed by atoms with Gasteiger partial charge in [-0.05, 0) is 50.1 Å². The fourth-order valence-corrected chi connectivity index (χ4v) is 5.04. The Labute approximate surface area is 201 Å². The first-order valence-electron chi connectivity index (χ1n) is 10.1. The maximum atomic E-state index is 13.3. The predicted octanol–water partition coefficient (Wildman–Crippen LogP) is 6.84. The lowest BCUT2D eigenvalue weighted by Gasteiger charge is -2.23. The van der Waals surface area contributed by atoms with Crippen molar-refractivity contribution in [2.24, 2.45) is 0 Å². The number of hydrogen-bond donors (Lipinski definition) is 0. The van der Waals surface area contributed by atoms with Crippen molar-refractivity contribution in [3.63, 3.8) is 0 Å². The largest absolute Gasteiger partial charge is 0.493 e. The molecule has 0 bridgehead atoms. The quantitative estimate of drug-likeness (QED) is 0.288. The average Bonchev–Trinajstić information content (AvgIpc) is 3.08. The molecule has 2 heterocycles. The first-order chi connectivity index (χ1) is 15.3. The number of aromatic nitrogens is 1. The number of aryl methyl sites for hydroxylation is 1. The van der Waals surface area contributed by atoms with E-state index in [1.807, 2.05) is 19.1 Å². The van der Waals surface area contributed by atoms with E-state index in [1.165, 1.54) is 0 Å². The van der Waals surface area contributed by atoms with E-state index in [-0.39, 0.29) is 6.61 Å². The summed E-state index contributed by atoms with van der Waals surface area (Å²) in [5, 5.41) is 1.08. The van der Waals surface area contributed by atoms with E-state index in [2.05, 4.69) is 4.57 Å². The summed E-state index contributed by atoms with van der Waals surface area (Å²) in [6, 6.07) is 7.16. The van der Waals surface area contributed by atoms with Gasteiger partial charge in [0.25, 0.3) is 0 Å². The van der Waals surface area contributed by atoms with Gasteiger partial charge >= 0.3 is 5.97 Å². The van der Waals surface area contributed by atoms with Gasteiger partial charge in [-0.2, -0.15) is 0 Å². The Balaban J connectivity index is 2.09. The van der Waals surface area contributed by atoms with Gasteiger partial charge in [0.1, 0.15) is 0 Å². The van der Waals surface area contributed by atoms with E-state index in [4.69, 9.17) is 49.0 Å². The number of methoxy groups -OCH3 is 2. The molecule has 168 valence electrons. The zero-order chi connectivity index (χ0) is 23.2. The summed E-state index contributed by atoms with van der Waals surface area (Å²) >= 11 is 19.2. The molecule has 0 atom stereocenters. The molecule has 0 aliphatic carbocycles. The second kappa shape index (κ2) is 8.89.